The fraction of sp³-hybridized carbons (Fsp3) is 0.250. The molecule has 0 saturated heterocycles. The Balaban J connectivity index is 1.71. The fourth-order valence-electron chi connectivity index (χ4n) is 2.26. The van der Waals surface area contributed by atoms with Crippen LogP contribution in [0.25, 0.3) is 10.6 Å². The van der Waals surface area contributed by atoms with E-state index in [9.17, 15) is 0 Å². The summed E-state index contributed by atoms with van der Waals surface area (Å²) in [6.45, 7) is 3.92. The van der Waals surface area contributed by atoms with Gasteiger partial charge in [0.2, 0.25) is 0 Å². The summed E-state index contributed by atoms with van der Waals surface area (Å²) < 4.78 is 2.19. The summed E-state index contributed by atoms with van der Waals surface area (Å²) in [7, 11) is 0. The summed E-state index contributed by atoms with van der Waals surface area (Å²) in [6.07, 6.45) is 6.84. The first kappa shape index (κ1) is 13.8. The number of thiazole rings is 1. The Labute approximate surface area is 128 Å². The van der Waals surface area contributed by atoms with Gasteiger partial charge in [0.15, 0.2) is 0 Å². The molecule has 1 N–H and O–H groups in total. The number of rotatable bonds is 6. The van der Waals surface area contributed by atoms with Gasteiger partial charge in [0.25, 0.3) is 0 Å². The smallest absolute Gasteiger partial charge is 0.128 e. The Morgan fingerprint density at radius 3 is 3.00 bits per heavy atom. The Morgan fingerprint density at radius 1 is 1.24 bits per heavy atom. The molecule has 108 valence electrons. The zero-order chi connectivity index (χ0) is 14.5. The molecule has 0 fully saturated rings. The minimum atomic E-state index is 0.730. The SMILES string of the molecule is CCCn1ccnc1CNc1cccc(-c2nccs2)c1. The van der Waals surface area contributed by atoms with Gasteiger partial charge in [0.1, 0.15) is 10.8 Å². The molecule has 0 spiro atoms. The van der Waals surface area contributed by atoms with Gasteiger partial charge in [0.05, 0.1) is 6.54 Å². The van der Waals surface area contributed by atoms with Gasteiger partial charge in [-0.3, -0.25) is 0 Å². The van der Waals surface area contributed by atoms with E-state index in [2.05, 4.69) is 51.0 Å². The third kappa shape index (κ3) is 3.31. The van der Waals surface area contributed by atoms with Crippen LogP contribution in [0.1, 0.15) is 19.2 Å². The van der Waals surface area contributed by atoms with Crippen LogP contribution in [0.5, 0.6) is 0 Å². The van der Waals surface area contributed by atoms with Crippen LogP contribution in [0, 0.1) is 0 Å². The van der Waals surface area contributed by atoms with E-state index in [0.29, 0.717) is 0 Å². The summed E-state index contributed by atoms with van der Waals surface area (Å²) in [5.41, 5.74) is 2.24. The van der Waals surface area contributed by atoms with E-state index in [1.165, 1.54) is 0 Å². The number of nitrogens with zero attached hydrogens (tertiary/aromatic N) is 3. The monoisotopic (exact) mass is 298 g/mol. The molecule has 0 atom stereocenters. The normalized spacial score (nSPS) is 10.7. The lowest BCUT2D eigenvalue weighted by Crippen LogP contribution is -2.08. The van der Waals surface area contributed by atoms with Gasteiger partial charge in [-0.25, -0.2) is 9.97 Å². The predicted octanol–water partition coefficient (Wildman–Crippen LogP) is 4.03. The minimum Gasteiger partial charge on any atom is -0.378 e. The lowest BCUT2D eigenvalue weighted by molar-refractivity contribution is 0.644. The fourth-order valence-corrected chi connectivity index (χ4v) is 2.90. The summed E-state index contributed by atoms with van der Waals surface area (Å²) >= 11 is 1.65. The van der Waals surface area contributed by atoms with Crippen molar-refractivity contribution in [1.82, 2.24) is 14.5 Å². The van der Waals surface area contributed by atoms with Crippen molar-refractivity contribution in [2.75, 3.05) is 5.32 Å². The van der Waals surface area contributed by atoms with Crippen LogP contribution >= 0.6 is 11.3 Å². The van der Waals surface area contributed by atoms with Crippen LogP contribution in [-0.4, -0.2) is 14.5 Å². The van der Waals surface area contributed by atoms with Crippen LogP contribution in [0.3, 0.4) is 0 Å². The molecule has 2 heterocycles. The second-order valence-corrected chi connectivity index (χ2v) is 5.70. The number of aryl methyl sites for hydroxylation is 1. The van der Waals surface area contributed by atoms with Crippen molar-refractivity contribution >= 4 is 17.0 Å². The van der Waals surface area contributed by atoms with Gasteiger partial charge in [-0.05, 0) is 18.6 Å². The van der Waals surface area contributed by atoms with Gasteiger partial charge in [-0.2, -0.15) is 0 Å². The number of nitrogens with one attached hydrogen (secondary N) is 1. The molecule has 0 radical (unpaired) electrons. The molecule has 0 unspecified atom stereocenters. The second kappa shape index (κ2) is 6.54. The maximum absolute atomic E-state index is 4.41. The van der Waals surface area contributed by atoms with E-state index >= 15 is 0 Å². The molecule has 3 rings (SSSR count). The Bertz CT molecular complexity index is 688. The molecule has 0 aliphatic rings. The Kier molecular flexibility index (Phi) is 4.31. The Hall–Kier alpha value is -2.14. The molecule has 3 aromatic rings. The first-order valence-corrected chi connectivity index (χ1v) is 7.98. The lowest BCUT2D eigenvalue weighted by atomic mass is 10.2. The molecule has 0 saturated carbocycles. The highest BCUT2D eigenvalue weighted by atomic mass is 32.1. The van der Waals surface area contributed by atoms with Crippen molar-refractivity contribution in [3.63, 3.8) is 0 Å². The van der Waals surface area contributed by atoms with Gasteiger partial charge in [-0.15, -0.1) is 11.3 Å². The molecule has 0 aliphatic heterocycles. The van der Waals surface area contributed by atoms with Crippen molar-refractivity contribution in [2.45, 2.75) is 26.4 Å². The second-order valence-electron chi connectivity index (χ2n) is 4.81. The lowest BCUT2D eigenvalue weighted by Gasteiger charge is -2.09. The highest BCUT2D eigenvalue weighted by Crippen LogP contribution is 2.24. The predicted molar refractivity (Wildman–Crippen MR) is 87.4 cm³/mol. The molecule has 0 aliphatic carbocycles. The van der Waals surface area contributed by atoms with E-state index < -0.39 is 0 Å². The van der Waals surface area contributed by atoms with Crippen molar-refractivity contribution in [3.8, 4) is 10.6 Å². The van der Waals surface area contributed by atoms with Gasteiger partial charge >= 0.3 is 0 Å². The quantitative estimate of drug-likeness (QED) is 0.747. The van der Waals surface area contributed by atoms with Crippen LogP contribution in [-0.2, 0) is 13.1 Å². The zero-order valence-corrected chi connectivity index (χ0v) is 12.8. The van der Waals surface area contributed by atoms with Crippen molar-refractivity contribution < 1.29 is 0 Å². The van der Waals surface area contributed by atoms with Crippen molar-refractivity contribution in [3.05, 3.63) is 54.1 Å². The van der Waals surface area contributed by atoms with E-state index in [4.69, 9.17) is 0 Å². The number of benzene rings is 1. The standard InChI is InChI=1S/C16H18N4S/c1-2-8-20-9-6-17-15(20)12-19-14-5-3-4-13(11-14)16-18-7-10-21-16/h3-7,9-11,19H,2,8,12H2,1H3. The highest BCUT2D eigenvalue weighted by Gasteiger charge is 2.04. The molecular weight excluding hydrogens is 280 g/mol. The molecule has 2 aromatic heterocycles. The van der Waals surface area contributed by atoms with Gasteiger partial charge in [-0.1, -0.05) is 19.1 Å². The number of anilines is 1. The third-order valence-electron chi connectivity index (χ3n) is 3.26. The van der Waals surface area contributed by atoms with Crippen molar-refractivity contribution in [2.24, 2.45) is 0 Å². The van der Waals surface area contributed by atoms with E-state index in [1.807, 2.05) is 24.0 Å². The van der Waals surface area contributed by atoms with Gasteiger partial charge < -0.3 is 9.88 Å². The van der Waals surface area contributed by atoms with E-state index in [-0.39, 0.29) is 0 Å². The topological polar surface area (TPSA) is 42.7 Å². The van der Waals surface area contributed by atoms with E-state index in [1.54, 1.807) is 11.3 Å². The van der Waals surface area contributed by atoms with Gasteiger partial charge in [0, 0.05) is 41.8 Å². The minimum absolute atomic E-state index is 0.730. The average Bonchev–Trinajstić information content (AvgIpc) is 3.18. The van der Waals surface area contributed by atoms with E-state index in [0.717, 1.165) is 41.6 Å². The van der Waals surface area contributed by atoms with Crippen LogP contribution in [0.2, 0.25) is 0 Å². The average molecular weight is 298 g/mol. The molecule has 0 amide bonds. The first-order valence-electron chi connectivity index (χ1n) is 7.10. The highest BCUT2D eigenvalue weighted by molar-refractivity contribution is 7.13. The molecule has 5 heteroatoms. The zero-order valence-electron chi connectivity index (χ0n) is 12.0. The van der Waals surface area contributed by atoms with Crippen molar-refractivity contribution in [1.29, 1.82) is 0 Å². The summed E-state index contributed by atoms with van der Waals surface area (Å²) in [5.74, 6) is 1.07. The number of aromatic nitrogens is 3. The number of hydrogen-bond acceptors (Lipinski definition) is 4. The van der Waals surface area contributed by atoms with Crippen LogP contribution < -0.4 is 5.32 Å². The molecule has 0 bridgehead atoms. The maximum Gasteiger partial charge on any atom is 0.128 e. The number of hydrogen-bond donors (Lipinski definition) is 1. The largest absolute Gasteiger partial charge is 0.378 e. The Morgan fingerprint density at radius 2 is 2.19 bits per heavy atom. The maximum atomic E-state index is 4.41. The van der Waals surface area contributed by atoms with Crippen LogP contribution in [0.4, 0.5) is 5.69 Å². The molecule has 1 aromatic carbocycles. The summed E-state index contributed by atoms with van der Waals surface area (Å²) in [4.78, 5) is 8.76. The molecule has 21 heavy (non-hydrogen) atoms. The first-order chi connectivity index (χ1) is 10.4. The molecule has 4 nitrogen and oxygen atoms in total. The summed E-state index contributed by atoms with van der Waals surface area (Å²) in [5, 5.41) is 6.49. The molecular formula is C16H18N4S. The number of imidazole rings is 1. The van der Waals surface area contributed by atoms with Crippen LogP contribution in [0.15, 0.2) is 48.2 Å². The third-order valence-corrected chi connectivity index (χ3v) is 4.08. The summed E-state index contributed by atoms with van der Waals surface area (Å²) in [6, 6.07) is 8.34.